The largest absolute Gasteiger partial charge is 0.457 e. The molecule has 1 N–H and O–H groups in total. The SMILES string of the molecule is C[C@H]1NCC[C@@H]1OC(=O)c1ccccc1-c1ccc([N+](=O)[O-])cc1. The molecule has 3 rings (SSSR count). The van der Waals surface area contributed by atoms with E-state index < -0.39 is 4.92 Å². The molecule has 0 radical (unpaired) electrons. The number of carbonyl (C=O) groups is 1. The molecule has 0 saturated carbocycles. The van der Waals surface area contributed by atoms with Crippen molar-refractivity contribution in [3.05, 3.63) is 64.2 Å². The van der Waals surface area contributed by atoms with E-state index in [-0.39, 0.29) is 23.8 Å². The maximum Gasteiger partial charge on any atom is 0.339 e. The minimum absolute atomic E-state index is 0.0182. The fourth-order valence-corrected chi connectivity index (χ4v) is 2.87. The van der Waals surface area contributed by atoms with Crippen molar-refractivity contribution >= 4 is 11.7 Å². The average molecular weight is 326 g/mol. The monoisotopic (exact) mass is 326 g/mol. The first kappa shape index (κ1) is 16.1. The summed E-state index contributed by atoms with van der Waals surface area (Å²) in [6.45, 7) is 2.83. The van der Waals surface area contributed by atoms with Crippen LogP contribution in [0.25, 0.3) is 11.1 Å². The zero-order chi connectivity index (χ0) is 17.1. The topological polar surface area (TPSA) is 81.5 Å². The summed E-state index contributed by atoms with van der Waals surface area (Å²) >= 11 is 0. The molecule has 2 aromatic carbocycles. The third-order valence-corrected chi connectivity index (χ3v) is 4.25. The number of hydrogen-bond acceptors (Lipinski definition) is 5. The van der Waals surface area contributed by atoms with Crippen molar-refractivity contribution in [2.24, 2.45) is 0 Å². The first-order valence-electron chi connectivity index (χ1n) is 7.84. The van der Waals surface area contributed by atoms with E-state index in [1.165, 1.54) is 12.1 Å². The van der Waals surface area contributed by atoms with Crippen molar-refractivity contribution in [1.29, 1.82) is 0 Å². The van der Waals surface area contributed by atoms with Crippen LogP contribution >= 0.6 is 0 Å². The van der Waals surface area contributed by atoms with Gasteiger partial charge in [0, 0.05) is 18.2 Å². The number of rotatable bonds is 4. The highest BCUT2D eigenvalue weighted by Crippen LogP contribution is 2.27. The molecule has 0 aromatic heterocycles. The molecular formula is C18H18N2O4. The van der Waals surface area contributed by atoms with Gasteiger partial charge in [-0.1, -0.05) is 18.2 Å². The van der Waals surface area contributed by atoms with Gasteiger partial charge in [0.05, 0.1) is 10.5 Å². The van der Waals surface area contributed by atoms with Gasteiger partial charge in [-0.3, -0.25) is 10.1 Å². The summed E-state index contributed by atoms with van der Waals surface area (Å²) in [5.41, 5.74) is 1.93. The fourth-order valence-electron chi connectivity index (χ4n) is 2.87. The number of nitrogens with one attached hydrogen (secondary N) is 1. The molecule has 1 aliphatic rings. The zero-order valence-electron chi connectivity index (χ0n) is 13.3. The van der Waals surface area contributed by atoms with Crippen LogP contribution in [0.15, 0.2) is 48.5 Å². The van der Waals surface area contributed by atoms with Gasteiger partial charge in [0.15, 0.2) is 0 Å². The van der Waals surface area contributed by atoms with Gasteiger partial charge >= 0.3 is 5.97 Å². The lowest BCUT2D eigenvalue weighted by molar-refractivity contribution is -0.384. The van der Waals surface area contributed by atoms with E-state index in [1.54, 1.807) is 24.3 Å². The molecule has 0 spiro atoms. The van der Waals surface area contributed by atoms with Crippen LogP contribution in [0.4, 0.5) is 5.69 Å². The first-order chi connectivity index (χ1) is 11.6. The molecule has 6 heteroatoms. The number of nitro benzene ring substituents is 1. The van der Waals surface area contributed by atoms with Crippen molar-refractivity contribution in [2.75, 3.05) is 6.54 Å². The van der Waals surface area contributed by atoms with Crippen LogP contribution in [0.3, 0.4) is 0 Å². The van der Waals surface area contributed by atoms with E-state index in [0.29, 0.717) is 11.1 Å². The van der Waals surface area contributed by atoms with E-state index in [4.69, 9.17) is 4.74 Å². The normalized spacial score (nSPS) is 19.9. The van der Waals surface area contributed by atoms with Gasteiger partial charge in [0.1, 0.15) is 6.10 Å². The standard InChI is InChI=1S/C18H18N2O4/c1-12-17(10-11-19-12)24-18(21)16-5-3-2-4-15(16)13-6-8-14(9-7-13)20(22)23/h2-9,12,17,19H,10-11H2,1H3/t12-,17+/m1/s1. The summed E-state index contributed by atoms with van der Waals surface area (Å²) in [6, 6.07) is 13.4. The molecular weight excluding hydrogens is 308 g/mol. The summed E-state index contributed by atoms with van der Waals surface area (Å²) in [5.74, 6) is -0.371. The Morgan fingerprint density at radius 2 is 1.92 bits per heavy atom. The lowest BCUT2D eigenvalue weighted by Crippen LogP contribution is -2.30. The molecule has 0 unspecified atom stereocenters. The van der Waals surface area contributed by atoms with E-state index in [1.807, 2.05) is 19.1 Å². The van der Waals surface area contributed by atoms with Gasteiger partial charge in [0.25, 0.3) is 5.69 Å². The second kappa shape index (κ2) is 6.80. The molecule has 0 amide bonds. The second-order valence-electron chi connectivity index (χ2n) is 5.82. The van der Waals surface area contributed by atoms with Crippen LogP contribution in [0.5, 0.6) is 0 Å². The number of esters is 1. The smallest absolute Gasteiger partial charge is 0.339 e. The second-order valence-corrected chi connectivity index (χ2v) is 5.82. The summed E-state index contributed by atoms with van der Waals surface area (Å²) in [5, 5.41) is 14.0. The van der Waals surface area contributed by atoms with Gasteiger partial charge in [-0.15, -0.1) is 0 Å². The molecule has 0 aliphatic carbocycles. The molecule has 124 valence electrons. The number of non-ortho nitro benzene ring substituents is 1. The summed E-state index contributed by atoms with van der Waals surface area (Å²) in [7, 11) is 0. The first-order valence-corrected chi connectivity index (χ1v) is 7.84. The molecule has 2 atom stereocenters. The van der Waals surface area contributed by atoms with Crippen LogP contribution in [0, 0.1) is 10.1 Å². The number of nitro groups is 1. The molecule has 1 fully saturated rings. The van der Waals surface area contributed by atoms with Crippen LogP contribution in [-0.2, 0) is 4.74 Å². The maximum atomic E-state index is 12.6. The Morgan fingerprint density at radius 3 is 2.54 bits per heavy atom. The highest BCUT2D eigenvalue weighted by molar-refractivity contribution is 5.97. The highest BCUT2D eigenvalue weighted by atomic mass is 16.6. The van der Waals surface area contributed by atoms with E-state index in [9.17, 15) is 14.9 Å². The van der Waals surface area contributed by atoms with E-state index >= 15 is 0 Å². The van der Waals surface area contributed by atoms with Gasteiger partial charge in [-0.25, -0.2) is 4.79 Å². The number of nitrogens with zero attached hydrogens (tertiary/aromatic N) is 1. The third-order valence-electron chi connectivity index (χ3n) is 4.25. The Labute approximate surface area is 139 Å². The zero-order valence-corrected chi connectivity index (χ0v) is 13.3. The Morgan fingerprint density at radius 1 is 1.21 bits per heavy atom. The molecule has 6 nitrogen and oxygen atoms in total. The number of ether oxygens (including phenoxy) is 1. The lowest BCUT2D eigenvalue weighted by atomic mass is 9.99. The van der Waals surface area contributed by atoms with Crippen molar-refractivity contribution in [1.82, 2.24) is 5.32 Å². The summed E-state index contributed by atoms with van der Waals surface area (Å²) in [6.07, 6.45) is 0.662. The predicted octanol–water partition coefficient (Wildman–Crippen LogP) is 3.17. The van der Waals surface area contributed by atoms with Crippen molar-refractivity contribution in [3.63, 3.8) is 0 Å². The summed E-state index contributed by atoms with van der Waals surface area (Å²) < 4.78 is 5.62. The Balaban J connectivity index is 1.87. The van der Waals surface area contributed by atoms with Gasteiger partial charge in [0.2, 0.25) is 0 Å². The quantitative estimate of drug-likeness (QED) is 0.530. The van der Waals surface area contributed by atoms with Crippen LogP contribution in [0.2, 0.25) is 0 Å². The number of carbonyl (C=O) groups excluding carboxylic acids is 1. The molecule has 2 aromatic rings. The minimum atomic E-state index is -0.446. The number of hydrogen-bond donors (Lipinski definition) is 1. The van der Waals surface area contributed by atoms with Gasteiger partial charge in [-0.05, 0) is 49.2 Å². The fraction of sp³-hybridized carbons (Fsp3) is 0.278. The predicted molar refractivity (Wildman–Crippen MR) is 89.8 cm³/mol. The Bertz CT molecular complexity index is 758. The third kappa shape index (κ3) is 3.28. The van der Waals surface area contributed by atoms with Gasteiger partial charge < -0.3 is 10.1 Å². The van der Waals surface area contributed by atoms with Crippen LogP contribution in [-0.4, -0.2) is 29.6 Å². The van der Waals surface area contributed by atoms with E-state index in [2.05, 4.69) is 5.32 Å². The molecule has 24 heavy (non-hydrogen) atoms. The number of benzene rings is 2. The summed E-state index contributed by atoms with van der Waals surface area (Å²) in [4.78, 5) is 22.9. The lowest BCUT2D eigenvalue weighted by Gasteiger charge is -2.17. The molecule has 0 bridgehead atoms. The molecule has 1 saturated heterocycles. The average Bonchev–Trinajstić information content (AvgIpc) is 3.00. The van der Waals surface area contributed by atoms with Crippen LogP contribution < -0.4 is 5.32 Å². The molecule has 1 heterocycles. The highest BCUT2D eigenvalue weighted by Gasteiger charge is 2.27. The maximum absolute atomic E-state index is 12.6. The van der Waals surface area contributed by atoms with E-state index in [0.717, 1.165) is 18.5 Å². The van der Waals surface area contributed by atoms with Crippen molar-refractivity contribution < 1.29 is 14.5 Å². The Kier molecular flexibility index (Phi) is 4.57. The molecule has 1 aliphatic heterocycles. The van der Waals surface area contributed by atoms with Crippen molar-refractivity contribution in [3.8, 4) is 11.1 Å². The van der Waals surface area contributed by atoms with Gasteiger partial charge in [-0.2, -0.15) is 0 Å². The van der Waals surface area contributed by atoms with Crippen molar-refractivity contribution in [2.45, 2.75) is 25.5 Å². The Hall–Kier alpha value is -2.73. The minimum Gasteiger partial charge on any atom is -0.457 e. The van der Waals surface area contributed by atoms with Crippen LogP contribution in [0.1, 0.15) is 23.7 Å².